The lowest BCUT2D eigenvalue weighted by Gasteiger charge is -2.13. The summed E-state index contributed by atoms with van der Waals surface area (Å²) < 4.78 is 4.54. The first-order chi connectivity index (χ1) is 17.4. The number of hydrogen-bond acceptors (Lipinski definition) is 10. The molecule has 2 amide bonds. The molecule has 190 valence electrons. The number of nitrogens with zero attached hydrogens (tertiary/aromatic N) is 2. The zero-order valence-corrected chi connectivity index (χ0v) is 19.2. The molecule has 0 radical (unpaired) electrons. The van der Waals surface area contributed by atoms with Crippen LogP contribution in [0.1, 0.15) is 31.8 Å². The molecule has 14 heteroatoms. The number of nitro benzene ring substituents is 2. The molecule has 0 bridgehead atoms. The fourth-order valence-corrected chi connectivity index (χ4v) is 3.27. The second kappa shape index (κ2) is 10.4. The predicted molar refractivity (Wildman–Crippen MR) is 128 cm³/mol. The highest BCUT2D eigenvalue weighted by molar-refractivity contribution is 6.06. The second-order valence-corrected chi connectivity index (χ2v) is 7.63. The van der Waals surface area contributed by atoms with Crippen LogP contribution in [-0.2, 0) is 4.74 Å². The number of anilines is 2. The van der Waals surface area contributed by atoms with Crippen LogP contribution in [0.15, 0.2) is 48.5 Å². The second-order valence-electron chi connectivity index (χ2n) is 7.63. The maximum absolute atomic E-state index is 12.4. The van der Waals surface area contributed by atoms with Gasteiger partial charge in [0.05, 0.1) is 15.9 Å². The monoisotopic (exact) mass is 510 g/mol. The third-order valence-electron chi connectivity index (χ3n) is 5.08. The van der Waals surface area contributed by atoms with E-state index in [2.05, 4.69) is 15.4 Å². The molecule has 3 aromatic rings. The van der Waals surface area contributed by atoms with Gasteiger partial charge in [-0.15, -0.1) is 0 Å². The minimum Gasteiger partial charge on any atom is -0.507 e. The van der Waals surface area contributed by atoms with Crippen molar-refractivity contribution in [3.63, 3.8) is 0 Å². The van der Waals surface area contributed by atoms with Crippen molar-refractivity contribution in [3.05, 3.63) is 91.0 Å². The molecule has 0 saturated heterocycles. The molecule has 0 aliphatic heterocycles. The number of phenolic OH excluding ortho intramolecular Hbond substituents is 2. The summed E-state index contributed by atoms with van der Waals surface area (Å²) >= 11 is 0. The Labute approximate surface area is 207 Å². The molecule has 0 unspecified atom stereocenters. The third-order valence-corrected chi connectivity index (χ3v) is 5.08. The minimum absolute atomic E-state index is 0.0797. The molecule has 0 fully saturated rings. The SMILES string of the molecule is Cc1cccc(C)c1NC(=O)Nc1ccc(C(=O)OC(=O)c2cc([N+](=O)[O-])cc([N+](=O)[O-])c2O)c(O)c1. The number of carbonyl (C=O) groups excluding carboxylic acids is 3. The summed E-state index contributed by atoms with van der Waals surface area (Å²) in [7, 11) is 0. The zero-order chi connectivity index (χ0) is 27.4. The van der Waals surface area contributed by atoms with Crippen LogP contribution in [0, 0.1) is 34.1 Å². The summed E-state index contributed by atoms with van der Waals surface area (Å²) in [6, 6.07) is 8.99. The summed E-state index contributed by atoms with van der Waals surface area (Å²) in [5.74, 6) is -5.00. The predicted octanol–water partition coefficient (Wildman–Crippen LogP) is 4.17. The third kappa shape index (κ3) is 5.76. The van der Waals surface area contributed by atoms with Gasteiger partial charge in [0.25, 0.3) is 5.69 Å². The largest absolute Gasteiger partial charge is 0.507 e. The van der Waals surface area contributed by atoms with Crippen LogP contribution in [0.4, 0.5) is 27.5 Å². The van der Waals surface area contributed by atoms with Gasteiger partial charge >= 0.3 is 23.7 Å². The van der Waals surface area contributed by atoms with Crippen LogP contribution in [0.25, 0.3) is 0 Å². The quantitative estimate of drug-likeness (QED) is 0.161. The Morgan fingerprint density at radius 2 is 1.46 bits per heavy atom. The lowest BCUT2D eigenvalue weighted by atomic mass is 10.1. The fourth-order valence-electron chi connectivity index (χ4n) is 3.27. The van der Waals surface area contributed by atoms with Gasteiger partial charge in [-0.05, 0) is 37.1 Å². The van der Waals surface area contributed by atoms with Crippen molar-refractivity contribution in [2.45, 2.75) is 13.8 Å². The van der Waals surface area contributed by atoms with Gasteiger partial charge in [0.1, 0.15) is 16.9 Å². The summed E-state index contributed by atoms with van der Waals surface area (Å²) in [4.78, 5) is 56.9. The lowest BCUT2D eigenvalue weighted by Crippen LogP contribution is -2.20. The summed E-state index contributed by atoms with van der Waals surface area (Å²) in [5.41, 5.74) is -1.28. The van der Waals surface area contributed by atoms with Crippen molar-refractivity contribution in [2.24, 2.45) is 0 Å². The van der Waals surface area contributed by atoms with E-state index in [4.69, 9.17) is 0 Å². The molecule has 0 heterocycles. The van der Waals surface area contributed by atoms with E-state index in [-0.39, 0.29) is 5.69 Å². The Morgan fingerprint density at radius 1 is 0.838 bits per heavy atom. The maximum atomic E-state index is 12.4. The lowest BCUT2D eigenvalue weighted by molar-refractivity contribution is -0.394. The number of hydrogen-bond donors (Lipinski definition) is 4. The number of esters is 2. The molecular formula is C23H18N4O10. The Hall–Kier alpha value is -5.53. The number of carbonyl (C=O) groups is 3. The van der Waals surface area contributed by atoms with Gasteiger partial charge < -0.3 is 25.6 Å². The van der Waals surface area contributed by atoms with Gasteiger partial charge in [-0.2, -0.15) is 0 Å². The van der Waals surface area contributed by atoms with E-state index in [1.807, 2.05) is 32.0 Å². The number of phenols is 2. The van der Waals surface area contributed by atoms with E-state index in [0.29, 0.717) is 17.8 Å². The Balaban J connectivity index is 1.76. The van der Waals surface area contributed by atoms with Crippen molar-refractivity contribution >= 4 is 40.7 Å². The zero-order valence-electron chi connectivity index (χ0n) is 19.2. The Morgan fingerprint density at radius 3 is 2.03 bits per heavy atom. The van der Waals surface area contributed by atoms with Crippen molar-refractivity contribution < 1.29 is 39.2 Å². The van der Waals surface area contributed by atoms with Gasteiger partial charge in [-0.3, -0.25) is 20.2 Å². The van der Waals surface area contributed by atoms with Crippen molar-refractivity contribution in [1.29, 1.82) is 0 Å². The van der Waals surface area contributed by atoms with Crippen LogP contribution >= 0.6 is 0 Å². The number of non-ortho nitro benzene ring substituents is 1. The first-order valence-corrected chi connectivity index (χ1v) is 10.3. The number of aryl methyl sites for hydroxylation is 2. The van der Waals surface area contributed by atoms with Gasteiger partial charge in [-0.25, -0.2) is 14.4 Å². The maximum Gasteiger partial charge on any atom is 0.350 e. The Bertz CT molecular complexity index is 1450. The molecule has 0 spiro atoms. The van der Waals surface area contributed by atoms with Gasteiger partial charge in [-0.1, -0.05) is 18.2 Å². The van der Waals surface area contributed by atoms with E-state index in [1.165, 1.54) is 6.07 Å². The average Bonchev–Trinajstić information content (AvgIpc) is 2.81. The molecule has 0 saturated carbocycles. The van der Waals surface area contributed by atoms with E-state index in [1.54, 1.807) is 0 Å². The molecule has 0 aliphatic rings. The molecule has 0 aliphatic carbocycles. The molecule has 3 aromatic carbocycles. The van der Waals surface area contributed by atoms with Crippen molar-refractivity contribution in [2.75, 3.05) is 10.6 Å². The smallest absolute Gasteiger partial charge is 0.350 e. The highest BCUT2D eigenvalue weighted by atomic mass is 16.6. The fraction of sp³-hybridized carbons (Fsp3) is 0.0870. The Kier molecular flexibility index (Phi) is 7.32. The molecule has 3 rings (SSSR count). The number of rotatable bonds is 6. The van der Waals surface area contributed by atoms with E-state index >= 15 is 0 Å². The van der Waals surface area contributed by atoms with Crippen LogP contribution in [0.5, 0.6) is 11.5 Å². The number of benzene rings is 3. The van der Waals surface area contributed by atoms with E-state index in [9.17, 15) is 44.8 Å². The van der Waals surface area contributed by atoms with E-state index < -0.39 is 61.8 Å². The minimum atomic E-state index is -1.64. The van der Waals surface area contributed by atoms with Crippen LogP contribution in [0.3, 0.4) is 0 Å². The first-order valence-electron chi connectivity index (χ1n) is 10.3. The highest BCUT2D eigenvalue weighted by Crippen LogP contribution is 2.35. The van der Waals surface area contributed by atoms with Crippen LogP contribution < -0.4 is 10.6 Å². The van der Waals surface area contributed by atoms with Gasteiger partial charge in [0.15, 0.2) is 0 Å². The van der Waals surface area contributed by atoms with Crippen molar-refractivity contribution in [3.8, 4) is 11.5 Å². The summed E-state index contributed by atoms with van der Waals surface area (Å²) in [5, 5.41) is 47.4. The number of amides is 2. The van der Waals surface area contributed by atoms with Gasteiger partial charge in [0, 0.05) is 23.5 Å². The number of para-hydroxylation sites is 1. The number of nitrogens with one attached hydrogen (secondary N) is 2. The molecule has 14 nitrogen and oxygen atoms in total. The molecule has 0 atom stereocenters. The molecular weight excluding hydrogens is 492 g/mol. The highest BCUT2D eigenvalue weighted by Gasteiger charge is 2.30. The first kappa shape index (κ1) is 26.1. The number of aromatic hydroxyl groups is 2. The van der Waals surface area contributed by atoms with Crippen LogP contribution in [0.2, 0.25) is 0 Å². The summed E-state index contributed by atoms with van der Waals surface area (Å²) in [6.07, 6.45) is 0. The average molecular weight is 510 g/mol. The number of urea groups is 1. The topological polar surface area (TPSA) is 211 Å². The van der Waals surface area contributed by atoms with Crippen molar-refractivity contribution in [1.82, 2.24) is 0 Å². The van der Waals surface area contributed by atoms with Gasteiger partial charge in [0.2, 0.25) is 5.75 Å². The summed E-state index contributed by atoms with van der Waals surface area (Å²) in [6.45, 7) is 3.61. The molecule has 4 N–H and O–H groups in total. The van der Waals surface area contributed by atoms with E-state index in [0.717, 1.165) is 23.3 Å². The molecule has 37 heavy (non-hydrogen) atoms. The standard InChI is InChI=1S/C23H18N4O10/c1-11-4-3-5-12(2)19(11)25-23(32)24-13-6-7-15(18(28)8-13)21(30)37-22(31)16-9-14(26(33)34)10-17(20(16)29)27(35)36/h3-10,28-29H,1-2H3,(H2,24,25,32). The van der Waals surface area contributed by atoms with Crippen LogP contribution in [-0.4, -0.2) is 38.0 Å². The number of nitro groups is 2. The number of ether oxygens (including phenoxy) is 1. The normalized spacial score (nSPS) is 10.3. The molecule has 0 aromatic heterocycles.